The summed E-state index contributed by atoms with van der Waals surface area (Å²) < 4.78 is 5.44. The third-order valence-electron chi connectivity index (χ3n) is 3.75. The zero-order chi connectivity index (χ0) is 14.8. The molecule has 110 valence electrons. The first-order valence-corrected chi connectivity index (χ1v) is 7.40. The van der Waals surface area contributed by atoms with E-state index in [2.05, 4.69) is 5.32 Å². The maximum atomic E-state index is 12.5. The van der Waals surface area contributed by atoms with Crippen molar-refractivity contribution < 1.29 is 9.21 Å². The van der Waals surface area contributed by atoms with Crippen LogP contribution in [0.25, 0.3) is 0 Å². The number of benzene rings is 1. The Morgan fingerprint density at radius 3 is 3.00 bits per heavy atom. The number of halogens is 1. The van der Waals surface area contributed by atoms with Crippen molar-refractivity contribution in [2.45, 2.75) is 25.8 Å². The van der Waals surface area contributed by atoms with Crippen molar-refractivity contribution in [1.82, 2.24) is 4.90 Å². The Labute approximate surface area is 128 Å². The summed E-state index contributed by atoms with van der Waals surface area (Å²) in [5, 5.41) is 3.44. The zero-order valence-corrected chi connectivity index (χ0v) is 12.6. The average Bonchev–Trinajstić information content (AvgIpc) is 3.10. The number of carbonyl (C=O) groups is 1. The molecule has 1 fully saturated rings. The molecule has 1 aliphatic rings. The first-order chi connectivity index (χ1) is 10.1. The molecule has 1 aromatic heterocycles. The van der Waals surface area contributed by atoms with Crippen molar-refractivity contribution in [2.75, 3.05) is 11.9 Å². The summed E-state index contributed by atoms with van der Waals surface area (Å²) in [6, 6.07) is 9.22. The molecule has 0 unspecified atom stereocenters. The van der Waals surface area contributed by atoms with E-state index in [-0.39, 0.29) is 12.1 Å². The molecule has 3 rings (SSSR count). The molecule has 1 aromatic carbocycles. The highest BCUT2D eigenvalue weighted by atomic mass is 35.5. The van der Waals surface area contributed by atoms with Crippen molar-refractivity contribution >= 4 is 23.3 Å². The van der Waals surface area contributed by atoms with E-state index in [1.54, 1.807) is 11.2 Å². The summed E-state index contributed by atoms with van der Waals surface area (Å²) in [6.45, 7) is 2.69. The Hall–Kier alpha value is -1.94. The number of urea groups is 1. The van der Waals surface area contributed by atoms with E-state index >= 15 is 0 Å². The van der Waals surface area contributed by atoms with Crippen molar-refractivity contribution in [2.24, 2.45) is 0 Å². The highest BCUT2D eigenvalue weighted by molar-refractivity contribution is 6.33. The standard InChI is InChI=1S/C16H17ClN2O2/c1-11-6-7-13(12(17)10-11)18-16(20)19-8-2-4-14(19)15-5-3-9-21-15/h3,5-7,9-10,14H,2,4,8H2,1H3,(H,18,20)/t14-/m1/s1. The summed E-state index contributed by atoms with van der Waals surface area (Å²) in [6.07, 6.45) is 3.53. The Kier molecular flexibility index (Phi) is 3.88. The van der Waals surface area contributed by atoms with E-state index in [1.807, 2.05) is 37.3 Å². The molecule has 0 aliphatic carbocycles. The van der Waals surface area contributed by atoms with Crippen LogP contribution in [-0.2, 0) is 0 Å². The lowest BCUT2D eigenvalue weighted by molar-refractivity contribution is 0.200. The van der Waals surface area contributed by atoms with Crippen molar-refractivity contribution in [3.8, 4) is 0 Å². The number of nitrogens with one attached hydrogen (secondary N) is 1. The van der Waals surface area contributed by atoms with Gasteiger partial charge in [0.1, 0.15) is 5.76 Å². The molecule has 1 saturated heterocycles. The molecule has 0 saturated carbocycles. The van der Waals surface area contributed by atoms with Gasteiger partial charge >= 0.3 is 6.03 Å². The number of hydrogen-bond donors (Lipinski definition) is 1. The number of nitrogens with zero attached hydrogens (tertiary/aromatic N) is 1. The Morgan fingerprint density at radius 1 is 1.43 bits per heavy atom. The minimum Gasteiger partial charge on any atom is -0.467 e. The van der Waals surface area contributed by atoms with E-state index in [4.69, 9.17) is 16.0 Å². The maximum Gasteiger partial charge on any atom is 0.322 e. The van der Waals surface area contributed by atoms with Crippen LogP contribution in [0.1, 0.15) is 30.2 Å². The molecule has 0 bridgehead atoms. The predicted molar refractivity (Wildman–Crippen MR) is 82.6 cm³/mol. The van der Waals surface area contributed by atoms with Crippen molar-refractivity contribution in [1.29, 1.82) is 0 Å². The first-order valence-electron chi connectivity index (χ1n) is 7.02. The van der Waals surface area contributed by atoms with Gasteiger partial charge in [-0.3, -0.25) is 0 Å². The van der Waals surface area contributed by atoms with Gasteiger partial charge in [0.05, 0.1) is 23.0 Å². The number of amides is 2. The number of hydrogen-bond acceptors (Lipinski definition) is 2. The first kappa shape index (κ1) is 14.0. The van der Waals surface area contributed by atoms with E-state index in [9.17, 15) is 4.79 Å². The van der Waals surface area contributed by atoms with Gasteiger partial charge in [-0.1, -0.05) is 17.7 Å². The molecular formula is C16H17ClN2O2. The van der Waals surface area contributed by atoms with Crippen LogP contribution in [0.2, 0.25) is 5.02 Å². The Morgan fingerprint density at radius 2 is 2.29 bits per heavy atom. The smallest absolute Gasteiger partial charge is 0.322 e. The van der Waals surface area contributed by atoms with Gasteiger partial charge in [-0.05, 0) is 49.6 Å². The van der Waals surface area contributed by atoms with Crippen molar-refractivity contribution in [3.63, 3.8) is 0 Å². The fourth-order valence-electron chi connectivity index (χ4n) is 2.69. The minimum atomic E-state index is -0.139. The highest BCUT2D eigenvalue weighted by Crippen LogP contribution is 2.33. The molecule has 4 nitrogen and oxygen atoms in total. The molecule has 1 aliphatic heterocycles. The van der Waals surface area contributed by atoms with Crippen LogP contribution in [-0.4, -0.2) is 17.5 Å². The maximum absolute atomic E-state index is 12.5. The quantitative estimate of drug-likeness (QED) is 0.880. The lowest BCUT2D eigenvalue weighted by atomic mass is 10.2. The largest absolute Gasteiger partial charge is 0.467 e. The number of furan rings is 1. The second-order valence-electron chi connectivity index (χ2n) is 5.28. The summed E-state index contributed by atoms with van der Waals surface area (Å²) in [7, 11) is 0. The second-order valence-corrected chi connectivity index (χ2v) is 5.69. The fourth-order valence-corrected chi connectivity index (χ4v) is 2.98. The van der Waals surface area contributed by atoms with Gasteiger partial charge in [0, 0.05) is 6.54 Å². The zero-order valence-electron chi connectivity index (χ0n) is 11.8. The molecule has 2 amide bonds. The fraction of sp³-hybridized carbons (Fsp3) is 0.312. The van der Waals surface area contributed by atoms with Gasteiger partial charge in [0.2, 0.25) is 0 Å². The van der Waals surface area contributed by atoms with Gasteiger partial charge in [-0.25, -0.2) is 4.79 Å². The summed E-state index contributed by atoms with van der Waals surface area (Å²) in [4.78, 5) is 14.3. The van der Waals surface area contributed by atoms with Gasteiger partial charge in [-0.15, -0.1) is 0 Å². The second kappa shape index (κ2) is 5.82. The van der Waals surface area contributed by atoms with Gasteiger partial charge < -0.3 is 14.6 Å². The molecule has 2 heterocycles. The number of carbonyl (C=O) groups excluding carboxylic acids is 1. The SMILES string of the molecule is Cc1ccc(NC(=O)N2CCC[C@@H]2c2ccco2)c(Cl)c1. The van der Waals surface area contributed by atoms with E-state index in [0.29, 0.717) is 10.7 Å². The summed E-state index contributed by atoms with van der Waals surface area (Å²) >= 11 is 6.16. The van der Waals surface area contributed by atoms with Crippen LogP contribution in [0.15, 0.2) is 41.0 Å². The van der Waals surface area contributed by atoms with Crippen LogP contribution in [0.5, 0.6) is 0 Å². The van der Waals surface area contributed by atoms with E-state index in [1.165, 1.54) is 0 Å². The van der Waals surface area contributed by atoms with Gasteiger partial charge in [0.25, 0.3) is 0 Å². The monoisotopic (exact) mass is 304 g/mol. The average molecular weight is 305 g/mol. The molecule has 5 heteroatoms. The van der Waals surface area contributed by atoms with Crippen molar-refractivity contribution in [3.05, 3.63) is 52.9 Å². The van der Waals surface area contributed by atoms with Crippen LogP contribution in [0.3, 0.4) is 0 Å². The molecule has 0 radical (unpaired) electrons. The topological polar surface area (TPSA) is 45.5 Å². The third kappa shape index (κ3) is 2.90. The third-order valence-corrected chi connectivity index (χ3v) is 4.06. The Balaban J connectivity index is 1.75. The lowest BCUT2D eigenvalue weighted by Gasteiger charge is -2.23. The summed E-state index contributed by atoms with van der Waals surface area (Å²) in [5.41, 5.74) is 1.70. The number of likely N-dealkylation sites (tertiary alicyclic amines) is 1. The molecule has 0 spiro atoms. The van der Waals surface area contributed by atoms with E-state index < -0.39 is 0 Å². The van der Waals surface area contributed by atoms with Crippen LogP contribution < -0.4 is 5.32 Å². The predicted octanol–water partition coefficient (Wildman–Crippen LogP) is 4.61. The number of anilines is 1. The van der Waals surface area contributed by atoms with Gasteiger partial charge in [0.15, 0.2) is 0 Å². The number of aryl methyl sites for hydroxylation is 1. The molecular weight excluding hydrogens is 288 g/mol. The van der Waals surface area contributed by atoms with Crippen LogP contribution in [0.4, 0.5) is 10.5 Å². The molecule has 2 aromatic rings. The lowest BCUT2D eigenvalue weighted by Crippen LogP contribution is -2.34. The Bertz CT molecular complexity index is 640. The summed E-state index contributed by atoms with van der Waals surface area (Å²) in [5.74, 6) is 0.831. The van der Waals surface area contributed by atoms with Crippen LogP contribution >= 0.6 is 11.6 Å². The highest BCUT2D eigenvalue weighted by Gasteiger charge is 2.31. The van der Waals surface area contributed by atoms with Crippen LogP contribution in [0, 0.1) is 6.92 Å². The normalized spacial score (nSPS) is 18.0. The van der Waals surface area contributed by atoms with Gasteiger partial charge in [-0.2, -0.15) is 0 Å². The molecule has 1 N–H and O–H groups in total. The molecule has 1 atom stereocenters. The minimum absolute atomic E-state index is 0.00391. The van der Waals surface area contributed by atoms with E-state index in [0.717, 1.165) is 30.7 Å². The number of rotatable bonds is 2. The molecule has 21 heavy (non-hydrogen) atoms.